The number of benzene rings is 2. The lowest BCUT2D eigenvalue weighted by Gasteiger charge is -2.40. The molecule has 1 N–H and O–H groups in total. The molecule has 1 atom stereocenters. The Morgan fingerprint density at radius 2 is 1.52 bits per heavy atom. The highest BCUT2D eigenvalue weighted by atomic mass is 16.5. The SMILES string of the molecule is Cc1cccc(C)c1NC(=O)CN1CCN(C(C(=O)N2CCOCC2)c2ccccc2)CC1. The predicted molar refractivity (Wildman–Crippen MR) is 129 cm³/mol. The molecule has 2 aromatic rings. The second-order valence-electron chi connectivity index (χ2n) is 8.88. The van der Waals surface area contributed by atoms with Gasteiger partial charge in [0.25, 0.3) is 0 Å². The number of carbonyl (C=O) groups excluding carboxylic acids is 2. The van der Waals surface area contributed by atoms with E-state index in [9.17, 15) is 9.59 Å². The third-order valence-corrected chi connectivity index (χ3v) is 6.56. The average molecular weight is 451 g/mol. The van der Waals surface area contributed by atoms with Gasteiger partial charge in [-0.15, -0.1) is 0 Å². The van der Waals surface area contributed by atoms with E-state index in [2.05, 4.69) is 15.1 Å². The highest BCUT2D eigenvalue weighted by molar-refractivity contribution is 5.93. The molecule has 0 saturated carbocycles. The molecular weight excluding hydrogens is 416 g/mol. The number of para-hydroxylation sites is 1. The third kappa shape index (κ3) is 5.79. The number of hydrogen-bond acceptors (Lipinski definition) is 5. The molecule has 7 heteroatoms. The van der Waals surface area contributed by atoms with Crippen molar-refractivity contribution in [2.24, 2.45) is 0 Å². The average Bonchev–Trinajstić information content (AvgIpc) is 2.84. The molecular formula is C26H34N4O3. The van der Waals surface area contributed by atoms with E-state index in [4.69, 9.17) is 4.74 Å². The molecule has 0 aromatic heterocycles. The zero-order valence-electron chi connectivity index (χ0n) is 19.6. The first kappa shape index (κ1) is 23.4. The molecule has 2 aliphatic heterocycles. The maximum Gasteiger partial charge on any atom is 0.244 e. The number of aryl methyl sites for hydroxylation is 2. The number of amides is 2. The largest absolute Gasteiger partial charge is 0.378 e. The minimum atomic E-state index is -0.296. The third-order valence-electron chi connectivity index (χ3n) is 6.56. The number of rotatable bonds is 6. The maximum atomic E-state index is 13.5. The summed E-state index contributed by atoms with van der Waals surface area (Å²) in [5, 5.41) is 3.08. The summed E-state index contributed by atoms with van der Waals surface area (Å²) >= 11 is 0. The van der Waals surface area contributed by atoms with Gasteiger partial charge in [0, 0.05) is 45.0 Å². The van der Waals surface area contributed by atoms with Crippen molar-refractivity contribution >= 4 is 17.5 Å². The van der Waals surface area contributed by atoms with Crippen LogP contribution < -0.4 is 5.32 Å². The van der Waals surface area contributed by atoms with Crippen LogP contribution in [-0.4, -0.2) is 85.5 Å². The van der Waals surface area contributed by atoms with Gasteiger partial charge in [0.15, 0.2) is 0 Å². The predicted octanol–water partition coefficient (Wildman–Crippen LogP) is 2.46. The Kier molecular flexibility index (Phi) is 7.75. The Bertz CT molecular complexity index is 931. The normalized spacial score (nSPS) is 18.7. The zero-order chi connectivity index (χ0) is 23.2. The number of morpholine rings is 1. The van der Waals surface area contributed by atoms with Gasteiger partial charge in [-0.25, -0.2) is 0 Å². The number of anilines is 1. The first-order valence-corrected chi connectivity index (χ1v) is 11.8. The van der Waals surface area contributed by atoms with Gasteiger partial charge in [0.1, 0.15) is 6.04 Å². The molecule has 1 unspecified atom stereocenters. The molecule has 2 fully saturated rings. The van der Waals surface area contributed by atoms with Gasteiger partial charge in [-0.3, -0.25) is 19.4 Å². The summed E-state index contributed by atoms with van der Waals surface area (Å²) in [5.74, 6) is 0.149. The van der Waals surface area contributed by atoms with E-state index in [1.807, 2.05) is 67.3 Å². The topological polar surface area (TPSA) is 65.1 Å². The number of hydrogen-bond donors (Lipinski definition) is 1. The van der Waals surface area contributed by atoms with E-state index >= 15 is 0 Å². The fraction of sp³-hybridized carbons (Fsp3) is 0.462. The van der Waals surface area contributed by atoms with Crippen LogP contribution in [0.4, 0.5) is 5.69 Å². The highest BCUT2D eigenvalue weighted by Gasteiger charge is 2.34. The summed E-state index contributed by atoms with van der Waals surface area (Å²) in [6.07, 6.45) is 0. The van der Waals surface area contributed by atoms with Crippen LogP contribution in [0.5, 0.6) is 0 Å². The Hall–Kier alpha value is -2.74. The maximum absolute atomic E-state index is 13.5. The zero-order valence-corrected chi connectivity index (χ0v) is 19.6. The summed E-state index contributed by atoms with van der Waals surface area (Å²) in [7, 11) is 0. The van der Waals surface area contributed by atoms with Crippen molar-refractivity contribution in [2.75, 3.05) is 64.3 Å². The van der Waals surface area contributed by atoms with Crippen LogP contribution in [0, 0.1) is 13.8 Å². The molecule has 7 nitrogen and oxygen atoms in total. The van der Waals surface area contributed by atoms with Crippen molar-refractivity contribution in [1.29, 1.82) is 0 Å². The monoisotopic (exact) mass is 450 g/mol. The quantitative estimate of drug-likeness (QED) is 0.733. The summed E-state index contributed by atoms with van der Waals surface area (Å²) in [4.78, 5) is 32.5. The van der Waals surface area contributed by atoms with E-state index in [0.717, 1.165) is 48.6 Å². The number of ether oxygens (including phenoxy) is 1. The molecule has 2 aromatic carbocycles. The summed E-state index contributed by atoms with van der Waals surface area (Å²) < 4.78 is 5.44. The van der Waals surface area contributed by atoms with Crippen molar-refractivity contribution in [3.63, 3.8) is 0 Å². The van der Waals surface area contributed by atoms with Gasteiger partial charge in [-0.1, -0.05) is 48.5 Å². The lowest BCUT2D eigenvalue weighted by molar-refractivity contribution is -0.142. The second kappa shape index (κ2) is 10.9. The van der Waals surface area contributed by atoms with Crippen LogP contribution in [0.15, 0.2) is 48.5 Å². The van der Waals surface area contributed by atoms with Crippen molar-refractivity contribution in [2.45, 2.75) is 19.9 Å². The first-order chi connectivity index (χ1) is 16.0. The van der Waals surface area contributed by atoms with E-state index in [-0.39, 0.29) is 17.9 Å². The molecule has 0 spiro atoms. The van der Waals surface area contributed by atoms with Gasteiger partial charge < -0.3 is 15.0 Å². The molecule has 0 bridgehead atoms. The Balaban J connectivity index is 1.38. The summed E-state index contributed by atoms with van der Waals surface area (Å²) in [6.45, 7) is 9.83. The molecule has 0 aliphatic carbocycles. The second-order valence-corrected chi connectivity index (χ2v) is 8.88. The van der Waals surface area contributed by atoms with Gasteiger partial charge in [0.05, 0.1) is 19.8 Å². The van der Waals surface area contributed by atoms with E-state index in [1.54, 1.807) is 0 Å². The van der Waals surface area contributed by atoms with Crippen molar-refractivity contribution in [3.05, 3.63) is 65.2 Å². The number of nitrogens with one attached hydrogen (secondary N) is 1. The molecule has 33 heavy (non-hydrogen) atoms. The standard InChI is InChI=1S/C26H34N4O3/c1-20-7-6-8-21(2)24(20)27-23(31)19-28-11-13-29(14-12-28)25(22-9-4-3-5-10-22)26(32)30-15-17-33-18-16-30/h3-10,25H,11-19H2,1-2H3,(H,27,31). The van der Waals surface area contributed by atoms with Gasteiger partial charge >= 0.3 is 0 Å². The van der Waals surface area contributed by atoms with Crippen LogP contribution in [0.3, 0.4) is 0 Å². The minimum Gasteiger partial charge on any atom is -0.378 e. The van der Waals surface area contributed by atoms with Crippen LogP contribution in [0.25, 0.3) is 0 Å². The minimum absolute atomic E-state index is 0.00449. The Labute approximate surface area is 196 Å². The molecule has 2 saturated heterocycles. The van der Waals surface area contributed by atoms with Crippen LogP contribution in [0.1, 0.15) is 22.7 Å². The molecule has 4 rings (SSSR count). The lowest BCUT2D eigenvalue weighted by atomic mass is 10.0. The van der Waals surface area contributed by atoms with Crippen molar-refractivity contribution in [3.8, 4) is 0 Å². The smallest absolute Gasteiger partial charge is 0.244 e. The Morgan fingerprint density at radius 1 is 0.879 bits per heavy atom. The fourth-order valence-electron chi connectivity index (χ4n) is 4.67. The molecule has 2 amide bonds. The molecule has 0 radical (unpaired) electrons. The van der Waals surface area contributed by atoms with Crippen LogP contribution >= 0.6 is 0 Å². The van der Waals surface area contributed by atoms with Gasteiger partial charge in [-0.2, -0.15) is 0 Å². The fourth-order valence-corrected chi connectivity index (χ4v) is 4.67. The number of piperazine rings is 1. The van der Waals surface area contributed by atoms with Crippen molar-refractivity contribution in [1.82, 2.24) is 14.7 Å². The number of carbonyl (C=O) groups is 2. The lowest BCUT2D eigenvalue weighted by Crippen LogP contribution is -2.53. The Morgan fingerprint density at radius 3 is 2.15 bits per heavy atom. The molecule has 2 aliphatic rings. The van der Waals surface area contributed by atoms with E-state index in [1.165, 1.54) is 0 Å². The van der Waals surface area contributed by atoms with Gasteiger partial charge in [0.2, 0.25) is 11.8 Å². The summed E-state index contributed by atoms with van der Waals surface area (Å²) in [6, 6.07) is 15.8. The van der Waals surface area contributed by atoms with Crippen LogP contribution in [-0.2, 0) is 14.3 Å². The first-order valence-electron chi connectivity index (χ1n) is 11.8. The van der Waals surface area contributed by atoms with E-state index < -0.39 is 0 Å². The van der Waals surface area contributed by atoms with Gasteiger partial charge in [-0.05, 0) is 30.5 Å². The molecule has 176 valence electrons. The van der Waals surface area contributed by atoms with Crippen molar-refractivity contribution < 1.29 is 14.3 Å². The highest BCUT2D eigenvalue weighted by Crippen LogP contribution is 2.25. The summed E-state index contributed by atoms with van der Waals surface area (Å²) in [5.41, 5.74) is 4.07. The van der Waals surface area contributed by atoms with E-state index in [0.29, 0.717) is 32.8 Å². The van der Waals surface area contributed by atoms with Crippen LogP contribution in [0.2, 0.25) is 0 Å². The molecule has 2 heterocycles. The number of nitrogens with zero attached hydrogens (tertiary/aromatic N) is 3.